The van der Waals surface area contributed by atoms with Crippen molar-refractivity contribution in [3.63, 3.8) is 0 Å². The van der Waals surface area contributed by atoms with Crippen molar-refractivity contribution in [1.29, 1.82) is 0 Å². The first-order chi connectivity index (χ1) is 5.81. The molecule has 1 aromatic rings. The topological polar surface area (TPSA) is 0 Å². The van der Waals surface area contributed by atoms with Crippen LogP contribution in [0.25, 0.3) is 0 Å². The zero-order valence-corrected chi connectivity index (χ0v) is 8.89. The van der Waals surface area contributed by atoms with Crippen LogP contribution in [0.1, 0.15) is 29.0 Å². The van der Waals surface area contributed by atoms with Crippen LogP contribution in [0, 0.1) is 6.92 Å². The average Bonchev–Trinajstić information content (AvgIpc) is 2.46. The summed E-state index contributed by atoms with van der Waals surface area (Å²) in [5.41, 5.74) is 4.53. The van der Waals surface area contributed by atoms with Gasteiger partial charge in [-0.25, -0.2) is 0 Å². The first kappa shape index (κ1) is 8.31. The van der Waals surface area contributed by atoms with E-state index < -0.39 is 0 Å². The lowest BCUT2D eigenvalue weighted by Gasteiger charge is -2.07. The molecule has 0 nitrogen and oxygen atoms in total. The third kappa shape index (κ3) is 1.31. The van der Waals surface area contributed by atoms with Gasteiger partial charge in [0.05, 0.1) is 0 Å². The minimum absolute atomic E-state index is 0.764. The molecule has 1 heteroatoms. The van der Waals surface area contributed by atoms with Gasteiger partial charge in [0.1, 0.15) is 0 Å². The second-order valence-corrected chi connectivity index (χ2v) is 4.24. The number of alkyl halides is 1. The van der Waals surface area contributed by atoms with Gasteiger partial charge in [-0.3, -0.25) is 0 Å². The fourth-order valence-corrected chi connectivity index (χ4v) is 2.64. The number of fused-ring (bicyclic) bond motifs is 1. The predicted molar refractivity (Wildman–Crippen MR) is 56.0 cm³/mol. The van der Waals surface area contributed by atoms with E-state index in [-0.39, 0.29) is 0 Å². The molecule has 0 N–H and O–H groups in total. The fraction of sp³-hybridized carbons (Fsp3) is 0.455. The van der Waals surface area contributed by atoms with Gasteiger partial charge in [-0.2, -0.15) is 0 Å². The molecule has 1 atom stereocenters. The summed E-state index contributed by atoms with van der Waals surface area (Å²) in [6.07, 6.45) is 2.59. The van der Waals surface area contributed by atoms with E-state index in [0.29, 0.717) is 0 Å². The second kappa shape index (κ2) is 3.21. The molecule has 0 aliphatic heterocycles. The minimum Gasteiger partial charge on any atom is -0.0921 e. The largest absolute Gasteiger partial charge is 0.0921 e. The van der Waals surface area contributed by atoms with E-state index in [0.717, 1.165) is 11.2 Å². The van der Waals surface area contributed by atoms with Crippen LogP contribution in [0.5, 0.6) is 0 Å². The number of benzene rings is 1. The van der Waals surface area contributed by atoms with Crippen molar-refractivity contribution in [1.82, 2.24) is 0 Å². The number of rotatable bonds is 1. The summed E-state index contributed by atoms with van der Waals surface area (Å²) in [5.74, 6) is 0.764. The van der Waals surface area contributed by atoms with Crippen LogP contribution < -0.4 is 0 Å². The SMILES string of the molecule is Cc1ccc2c(c1)C(CBr)CC2. The summed E-state index contributed by atoms with van der Waals surface area (Å²) in [5, 5.41) is 1.11. The predicted octanol–water partition coefficient (Wildman–Crippen LogP) is 3.42. The zero-order chi connectivity index (χ0) is 8.55. The number of hydrogen-bond acceptors (Lipinski definition) is 0. The van der Waals surface area contributed by atoms with Crippen molar-refractivity contribution in [2.75, 3.05) is 5.33 Å². The molecule has 0 radical (unpaired) electrons. The van der Waals surface area contributed by atoms with Crippen molar-refractivity contribution in [2.45, 2.75) is 25.7 Å². The Bertz CT molecular complexity index is 291. The number of hydrogen-bond donors (Lipinski definition) is 0. The van der Waals surface area contributed by atoms with Gasteiger partial charge in [-0.1, -0.05) is 39.7 Å². The molecule has 0 spiro atoms. The zero-order valence-electron chi connectivity index (χ0n) is 7.31. The lowest BCUT2D eigenvalue weighted by atomic mass is 10.0. The Labute approximate surface area is 82.1 Å². The first-order valence-corrected chi connectivity index (χ1v) is 5.59. The summed E-state index contributed by atoms with van der Waals surface area (Å²) < 4.78 is 0. The lowest BCUT2D eigenvalue weighted by Crippen LogP contribution is -1.93. The Morgan fingerprint density at radius 1 is 1.50 bits per heavy atom. The Balaban J connectivity index is 2.42. The highest BCUT2D eigenvalue weighted by atomic mass is 79.9. The monoisotopic (exact) mass is 224 g/mol. The lowest BCUT2D eigenvalue weighted by molar-refractivity contribution is 0.761. The van der Waals surface area contributed by atoms with E-state index in [1.165, 1.54) is 18.4 Å². The van der Waals surface area contributed by atoms with Gasteiger partial charge in [0.2, 0.25) is 0 Å². The molecule has 64 valence electrons. The van der Waals surface area contributed by atoms with E-state index in [1.807, 2.05) is 0 Å². The summed E-state index contributed by atoms with van der Waals surface area (Å²) in [6, 6.07) is 6.84. The van der Waals surface area contributed by atoms with Gasteiger partial charge < -0.3 is 0 Å². The summed E-state index contributed by atoms with van der Waals surface area (Å²) in [7, 11) is 0. The summed E-state index contributed by atoms with van der Waals surface area (Å²) in [6.45, 7) is 2.17. The molecule has 1 aliphatic rings. The van der Waals surface area contributed by atoms with E-state index in [1.54, 1.807) is 11.1 Å². The van der Waals surface area contributed by atoms with Crippen LogP contribution in [0.4, 0.5) is 0 Å². The molecule has 0 saturated carbocycles. The van der Waals surface area contributed by atoms with E-state index >= 15 is 0 Å². The highest BCUT2D eigenvalue weighted by Gasteiger charge is 2.20. The van der Waals surface area contributed by atoms with Crippen molar-refractivity contribution in [2.24, 2.45) is 0 Å². The van der Waals surface area contributed by atoms with Gasteiger partial charge in [0, 0.05) is 5.33 Å². The van der Waals surface area contributed by atoms with Crippen LogP contribution in [0.15, 0.2) is 18.2 Å². The Morgan fingerprint density at radius 3 is 3.08 bits per heavy atom. The molecule has 12 heavy (non-hydrogen) atoms. The molecule has 0 aromatic heterocycles. The van der Waals surface area contributed by atoms with Crippen molar-refractivity contribution in [3.05, 3.63) is 34.9 Å². The van der Waals surface area contributed by atoms with Gasteiger partial charge in [0.15, 0.2) is 0 Å². The molecule has 0 amide bonds. The maximum atomic E-state index is 3.57. The summed E-state index contributed by atoms with van der Waals surface area (Å²) in [4.78, 5) is 0. The van der Waals surface area contributed by atoms with Crippen LogP contribution in [0.3, 0.4) is 0 Å². The summed E-state index contributed by atoms with van der Waals surface area (Å²) >= 11 is 3.57. The maximum Gasteiger partial charge on any atom is 0.0100 e. The fourth-order valence-electron chi connectivity index (χ4n) is 1.97. The average molecular weight is 225 g/mol. The molecule has 0 saturated heterocycles. The van der Waals surface area contributed by atoms with E-state index in [2.05, 4.69) is 41.1 Å². The molecule has 0 heterocycles. The van der Waals surface area contributed by atoms with Crippen molar-refractivity contribution < 1.29 is 0 Å². The van der Waals surface area contributed by atoms with Crippen LogP contribution in [-0.2, 0) is 6.42 Å². The molecule has 1 aromatic carbocycles. The molecular formula is C11H13Br. The van der Waals surface area contributed by atoms with E-state index in [9.17, 15) is 0 Å². The second-order valence-electron chi connectivity index (χ2n) is 3.59. The van der Waals surface area contributed by atoms with Crippen LogP contribution in [0.2, 0.25) is 0 Å². The van der Waals surface area contributed by atoms with Gasteiger partial charge in [0.25, 0.3) is 0 Å². The molecule has 2 rings (SSSR count). The van der Waals surface area contributed by atoms with Crippen LogP contribution in [-0.4, -0.2) is 5.33 Å². The highest BCUT2D eigenvalue weighted by molar-refractivity contribution is 9.09. The normalized spacial score (nSPS) is 21.0. The third-order valence-electron chi connectivity index (χ3n) is 2.69. The van der Waals surface area contributed by atoms with Crippen LogP contribution >= 0.6 is 15.9 Å². The number of halogens is 1. The number of aryl methyl sites for hydroxylation is 2. The molecule has 1 unspecified atom stereocenters. The maximum absolute atomic E-state index is 3.57. The molecular weight excluding hydrogens is 212 g/mol. The van der Waals surface area contributed by atoms with E-state index in [4.69, 9.17) is 0 Å². The third-order valence-corrected chi connectivity index (χ3v) is 3.47. The van der Waals surface area contributed by atoms with Crippen molar-refractivity contribution in [3.8, 4) is 0 Å². The van der Waals surface area contributed by atoms with Gasteiger partial charge in [-0.15, -0.1) is 0 Å². The molecule has 0 bridgehead atoms. The minimum atomic E-state index is 0.764. The highest BCUT2D eigenvalue weighted by Crippen LogP contribution is 2.34. The Morgan fingerprint density at radius 2 is 2.33 bits per heavy atom. The Hall–Kier alpha value is -0.300. The standard InChI is InChI=1S/C11H13Br/c1-8-2-3-9-4-5-10(7-12)11(9)6-8/h2-3,6,10H,4-5,7H2,1H3. The van der Waals surface area contributed by atoms with Crippen molar-refractivity contribution >= 4 is 15.9 Å². The molecule has 1 aliphatic carbocycles. The molecule has 0 fully saturated rings. The smallest absolute Gasteiger partial charge is 0.0100 e. The van der Waals surface area contributed by atoms with Gasteiger partial charge >= 0.3 is 0 Å². The first-order valence-electron chi connectivity index (χ1n) is 4.46. The Kier molecular flexibility index (Phi) is 2.22. The quantitative estimate of drug-likeness (QED) is 0.642. The van der Waals surface area contributed by atoms with Gasteiger partial charge in [-0.05, 0) is 36.8 Å².